The van der Waals surface area contributed by atoms with Gasteiger partial charge in [-0.3, -0.25) is 4.79 Å². The molecule has 0 aliphatic heterocycles. The van der Waals surface area contributed by atoms with Gasteiger partial charge >= 0.3 is 0 Å². The highest BCUT2D eigenvalue weighted by molar-refractivity contribution is 7.21. The summed E-state index contributed by atoms with van der Waals surface area (Å²) in [5, 5.41) is 1.14. The standard InChI is InChI=1S/C18H12OS/c1-13-15-9-5-6-10-17(15)20-18(13)16(19)12-11-14-7-3-2-4-8-14/h2-10H,1H3. The van der Waals surface area contributed by atoms with Gasteiger partial charge in [-0.25, -0.2) is 0 Å². The highest BCUT2D eigenvalue weighted by Crippen LogP contribution is 2.30. The van der Waals surface area contributed by atoms with Crippen LogP contribution in [0.2, 0.25) is 0 Å². The van der Waals surface area contributed by atoms with Crippen LogP contribution in [0.5, 0.6) is 0 Å². The van der Waals surface area contributed by atoms with Crippen LogP contribution in [0.3, 0.4) is 0 Å². The monoisotopic (exact) mass is 276 g/mol. The first kappa shape index (κ1) is 12.7. The van der Waals surface area contributed by atoms with E-state index in [1.807, 2.05) is 61.5 Å². The summed E-state index contributed by atoms with van der Waals surface area (Å²) in [7, 11) is 0. The molecule has 2 heteroatoms. The van der Waals surface area contributed by atoms with Gasteiger partial charge in [-0.05, 0) is 42.0 Å². The van der Waals surface area contributed by atoms with Gasteiger partial charge < -0.3 is 0 Å². The van der Waals surface area contributed by atoms with Crippen molar-refractivity contribution in [2.24, 2.45) is 0 Å². The SMILES string of the molecule is Cc1c(C(=O)C#Cc2ccccc2)sc2ccccc12. The highest BCUT2D eigenvalue weighted by Gasteiger charge is 2.13. The Morgan fingerprint density at radius 2 is 1.70 bits per heavy atom. The van der Waals surface area contributed by atoms with Crippen molar-refractivity contribution in [3.63, 3.8) is 0 Å². The molecule has 0 unspecified atom stereocenters. The molecule has 3 rings (SSSR count). The van der Waals surface area contributed by atoms with Crippen LogP contribution < -0.4 is 0 Å². The average Bonchev–Trinajstić information content (AvgIpc) is 2.84. The van der Waals surface area contributed by atoms with Crippen LogP contribution in [0.15, 0.2) is 54.6 Å². The third kappa shape index (κ3) is 2.36. The molecule has 0 amide bonds. The molecular weight excluding hydrogens is 264 g/mol. The van der Waals surface area contributed by atoms with E-state index in [1.165, 1.54) is 11.3 Å². The molecule has 96 valence electrons. The number of rotatable bonds is 1. The lowest BCUT2D eigenvalue weighted by Gasteiger charge is -1.91. The maximum absolute atomic E-state index is 12.2. The molecule has 1 aromatic heterocycles. The second kappa shape index (κ2) is 5.32. The van der Waals surface area contributed by atoms with Gasteiger partial charge in [0.05, 0.1) is 4.88 Å². The predicted octanol–water partition coefficient (Wildman–Crippen LogP) is 4.44. The maximum Gasteiger partial charge on any atom is 0.246 e. The minimum Gasteiger partial charge on any atom is -0.278 e. The van der Waals surface area contributed by atoms with Gasteiger partial charge in [0, 0.05) is 10.3 Å². The molecule has 20 heavy (non-hydrogen) atoms. The fourth-order valence-electron chi connectivity index (χ4n) is 2.10. The number of carbonyl (C=O) groups excluding carboxylic acids is 1. The minimum absolute atomic E-state index is 0.104. The number of benzene rings is 2. The fourth-order valence-corrected chi connectivity index (χ4v) is 3.20. The summed E-state index contributed by atoms with van der Waals surface area (Å²) in [4.78, 5) is 13.0. The van der Waals surface area contributed by atoms with E-state index in [-0.39, 0.29) is 5.78 Å². The molecular formula is C18H12OS. The summed E-state index contributed by atoms with van der Waals surface area (Å²) in [6.07, 6.45) is 0. The van der Waals surface area contributed by atoms with E-state index in [2.05, 4.69) is 11.8 Å². The number of aryl methyl sites for hydroxylation is 1. The van der Waals surface area contributed by atoms with Crippen LogP contribution in [0.25, 0.3) is 10.1 Å². The molecule has 0 saturated heterocycles. The summed E-state index contributed by atoms with van der Waals surface area (Å²) in [5.74, 6) is 5.56. The molecule has 0 saturated carbocycles. The number of carbonyl (C=O) groups is 1. The van der Waals surface area contributed by atoms with E-state index in [0.29, 0.717) is 0 Å². The summed E-state index contributed by atoms with van der Waals surface area (Å²) in [5.41, 5.74) is 1.89. The first-order valence-electron chi connectivity index (χ1n) is 6.35. The first-order valence-corrected chi connectivity index (χ1v) is 7.17. The third-order valence-electron chi connectivity index (χ3n) is 3.14. The number of Topliss-reactive ketones (excluding diaryl/α,β-unsaturated/α-hetero) is 1. The Labute approximate surface area is 121 Å². The van der Waals surface area contributed by atoms with Gasteiger partial charge in [-0.2, -0.15) is 0 Å². The summed E-state index contributed by atoms with van der Waals surface area (Å²) >= 11 is 1.52. The molecule has 0 aliphatic carbocycles. The van der Waals surface area contributed by atoms with Crippen LogP contribution in [0.4, 0.5) is 0 Å². The first-order chi connectivity index (χ1) is 9.75. The molecule has 3 aromatic rings. The van der Waals surface area contributed by atoms with Crippen molar-refractivity contribution in [1.82, 2.24) is 0 Å². The van der Waals surface area contributed by atoms with Gasteiger partial charge in [0.25, 0.3) is 0 Å². The normalized spacial score (nSPS) is 10.1. The molecule has 0 spiro atoms. The largest absolute Gasteiger partial charge is 0.278 e. The molecule has 0 aliphatic rings. The summed E-state index contributed by atoms with van der Waals surface area (Å²) in [6, 6.07) is 17.6. The van der Waals surface area contributed by atoms with E-state index < -0.39 is 0 Å². The fraction of sp³-hybridized carbons (Fsp3) is 0.0556. The third-order valence-corrected chi connectivity index (χ3v) is 4.42. The van der Waals surface area contributed by atoms with Crippen molar-refractivity contribution in [2.75, 3.05) is 0 Å². The average molecular weight is 276 g/mol. The Kier molecular flexibility index (Phi) is 3.37. The highest BCUT2D eigenvalue weighted by atomic mass is 32.1. The minimum atomic E-state index is -0.104. The summed E-state index contributed by atoms with van der Waals surface area (Å²) in [6.45, 7) is 1.98. The Morgan fingerprint density at radius 3 is 2.45 bits per heavy atom. The van der Waals surface area contributed by atoms with Crippen LogP contribution in [0.1, 0.15) is 20.8 Å². The Morgan fingerprint density at radius 1 is 1.00 bits per heavy atom. The van der Waals surface area contributed by atoms with Crippen molar-refractivity contribution < 1.29 is 4.79 Å². The second-order valence-corrected chi connectivity index (χ2v) is 5.55. The second-order valence-electron chi connectivity index (χ2n) is 4.50. The molecule has 1 heterocycles. The Bertz CT molecular complexity index is 832. The van der Waals surface area contributed by atoms with E-state index in [9.17, 15) is 4.79 Å². The van der Waals surface area contributed by atoms with E-state index >= 15 is 0 Å². The molecule has 0 bridgehead atoms. The lowest BCUT2D eigenvalue weighted by Crippen LogP contribution is -1.93. The molecule has 2 aromatic carbocycles. The summed E-state index contributed by atoms with van der Waals surface area (Å²) < 4.78 is 1.13. The zero-order valence-electron chi connectivity index (χ0n) is 11.0. The van der Waals surface area contributed by atoms with Gasteiger partial charge in [-0.1, -0.05) is 42.3 Å². The van der Waals surface area contributed by atoms with Gasteiger partial charge in [0.1, 0.15) is 0 Å². The van der Waals surface area contributed by atoms with Gasteiger partial charge in [0.2, 0.25) is 5.78 Å². The number of hydrogen-bond acceptors (Lipinski definition) is 2. The molecule has 1 nitrogen and oxygen atoms in total. The van der Waals surface area contributed by atoms with Crippen LogP contribution in [0, 0.1) is 18.8 Å². The topological polar surface area (TPSA) is 17.1 Å². The van der Waals surface area contributed by atoms with Crippen molar-refractivity contribution in [3.05, 3.63) is 70.6 Å². The number of thiophene rings is 1. The van der Waals surface area contributed by atoms with Crippen molar-refractivity contribution in [1.29, 1.82) is 0 Å². The van der Waals surface area contributed by atoms with Crippen molar-refractivity contribution >= 4 is 27.2 Å². The van der Waals surface area contributed by atoms with Crippen LogP contribution in [-0.2, 0) is 0 Å². The van der Waals surface area contributed by atoms with Gasteiger partial charge in [-0.15, -0.1) is 11.3 Å². The molecule has 0 radical (unpaired) electrons. The number of fused-ring (bicyclic) bond motifs is 1. The number of ketones is 1. The molecule has 0 N–H and O–H groups in total. The lowest BCUT2D eigenvalue weighted by molar-refractivity contribution is 0.105. The van der Waals surface area contributed by atoms with Crippen LogP contribution >= 0.6 is 11.3 Å². The van der Waals surface area contributed by atoms with Crippen molar-refractivity contribution in [2.45, 2.75) is 6.92 Å². The maximum atomic E-state index is 12.2. The zero-order chi connectivity index (χ0) is 13.9. The molecule has 0 fully saturated rings. The van der Waals surface area contributed by atoms with Crippen LogP contribution in [-0.4, -0.2) is 5.78 Å². The smallest absolute Gasteiger partial charge is 0.246 e. The lowest BCUT2D eigenvalue weighted by atomic mass is 10.1. The Balaban J connectivity index is 1.98. The van der Waals surface area contributed by atoms with E-state index in [4.69, 9.17) is 0 Å². The van der Waals surface area contributed by atoms with E-state index in [0.717, 1.165) is 26.1 Å². The molecule has 0 atom stereocenters. The van der Waals surface area contributed by atoms with Gasteiger partial charge in [0.15, 0.2) is 0 Å². The van der Waals surface area contributed by atoms with Crippen molar-refractivity contribution in [3.8, 4) is 11.8 Å². The van der Waals surface area contributed by atoms with E-state index in [1.54, 1.807) is 0 Å². The quantitative estimate of drug-likeness (QED) is 0.474. The Hall–Kier alpha value is -2.37. The predicted molar refractivity (Wildman–Crippen MR) is 84.2 cm³/mol. The number of hydrogen-bond donors (Lipinski definition) is 0. The zero-order valence-corrected chi connectivity index (χ0v) is 11.8.